The number of hydrogen-bond donors (Lipinski definition) is 0. The predicted molar refractivity (Wildman–Crippen MR) is 79.4 cm³/mol. The third-order valence-electron chi connectivity index (χ3n) is 3.38. The minimum atomic E-state index is -0.154. The van der Waals surface area contributed by atoms with Gasteiger partial charge in [0.2, 0.25) is 0 Å². The molecule has 0 saturated heterocycles. The molecule has 0 saturated carbocycles. The molecule has 0 aliphatic carbocycles. The number of alkyl halides is 1. The fourth-order valence-corrected chi connectivity index (χ4v) is 2.83. The molecule has 0 spiro atoms. The first-order chi connectivity index (χ1) is 9.13. The Bertz CT molecular complexity index is 592. The summed E-state index contributed by atoms with van der Waals surface area (Å²) < 4.78 is 5.70. The Kier molecular flexibility index (Phi) is 3.42. The van der Waals surface area contributed by atoms with Crippen molar-refractivity contribution in [3.8, 4) is 5.75 Å². The molecule has 19 heavy (non-hydrogen) atoms. The van der Waals surface area contributed by atoms with Crippen molar-refractivity contribution in [2.24, 2.45) is 0 Å². The fourth-order valence-electron chi connectivity index (χ4n) is 2.42. The van der Waals surface area contributed by atoms with Crippen LogP contribution < -0.4 is 4.74 Å². The molecule has 1 nitrogen and oxygen atoms in total. The highest BCUT2D eigenvalue weighted by Gasteiger charge is 2.21. The number of rotatable bonds is 2. The van der Waals surface area contributed by atoms with E-state index in [1.165, 1.54) is 5.56 Å². The molecule has 0 N–H and O–H groups in total. The van der Waals surface area contributed by atoms with Crippen LogP contribution in [0.4, 0.5) is 0 Å². The van der Waals surface area contributed by atoms with Crippen LogP contribution in [-0.2, 0) is 6.42 Å². The Hall–Kier alpha value is -1.18. The van der Waals surface area contributed by atoms with Crippen molar-refractivity contribution in [3.05, 3.63) is 64.2 Å². The zero-order valence-corrected chi connectivity index (χ0v) is 12.1. The van der Waals surface area contributed by atoms with Crippen LogP contribution >= 0.6 is 23.2 Å². The molecule has 0 radical (unpaired) electrons. The summed E-state index contributed by atoms with van der Waals surface area (Å²) in [4.78, 5) is 0. The van der Waals surface area contributed by atoms with Crippen LogP contribution in [0.1, 0.15) is 29.0 Å². The van der Waals surface area contributed by atoms with Gasteiger partial charge < -0.3 is 4.74 Å². The van der Waals surface area contributed by atoms with E-state index in [-0.39, 0.29) is 11.5 Å². The standard InChI is InChI=1S/C16H14Cl2O/c1-10-8-13-9-12(4-7-15(13)19-10)16(18)11-2-5-14(17)6-3-11/h2-7,9-10,16H,8H2,1H3. The normalized spacial score (nSPS) is 18.8. The fraction of sp³-hybridized carbons (Fsp3) is 0.250. The maximum absolute atomic E-state index is 6.54. The molecular formula is C16H14Cl2O. The van der Waals surface area contributed by atoms with Crippen LogP contribution in [0.15, 0.2) is 42.5 Å². The van der Waals surface area contributed by atoms with Crippen molar-refractivity contribution < 1.29 is 4.74 Å². The second-order valence-electron chi connectivity index (χ2n) is 4.91. The summed E-state index contributed by atoms with van der Waals surface area (Å²) in [5.74, 6) is 0.983. The molecule has 2 unspecified atom stereocenters. The van der Waals surface area contributed by atoms with Crippen molar-refractivity contribution in [1.82, 2.24) is 0 Å². The highest BCUT2D eigenvalue weighted by Crippen LogP contribution is 2.35. The van der Waals surface area contributed by atoms with E-state index in [0.717, 1.165) is 28.3 Å². The Morgan fingerprint density at radius 2 is 1.79 bits per heavy atom. The van der Waals surface area contributed by atoms with E-state index in [2.05, 4.69) is 13.0 Å². The molecule has 0 amide bonds. The van der Waals surface area contributed by atoms with Crippen LogP contribution in [0.5, 0.6) is 5.75 Å². The lowest BCUT2D eigenvalue weighted by Gasteiger charge is -2.11. The lowest BCUT2D eigenvalue weighted by Crippen LogP contribution is -2.05. The average Bonchev–Trinajstić information content (AvgIpc) is 2.77. The van der Waals surface area contributed by atoms with Gasteiger partial charge in [0, 0.05) is 11.4 Å². The third kappa shape index (κ3) is 2.58. The topological polar surface area (TPSA) is 9.23 Å². The molecule has 1 aliphatic rings. The lowest BCUT2D eigenvalue weighted by atomic mass is 10.0. The van der Waals surface area contributed by atoms with Gasteiger partial charge in [-0.2, -0.15) is 0 Å². The van der Waals surface area contributed by atoms with E-state index in [0.29, 0.717) is 0 Å². The molecule has 1 aliphatic heterocycles. The molecule has 0 bridgehead atoms. The van der Waals surface area contributed by atoms with Crippen molar-refractivity contribution in [2.75, 3.05) is 0 Å². The molecule has 3 heteroatoms. The monoisotopic (exact) mass is 292 g/mol. The minimum absolute atomic E-state index is 0.154. The summed E-state index contributed by atoms with van der Waals surface area (Å²) in [6.07, 6.45) is 1.21. The molecular weight excluding hydrogens is 279 g/mol. The second kappa shape index (κ2) is 5.07. The molecule has 0 fully saturated rings. The van der Waals surface area contributed by atoms with E-state index in [9.17, 15) is 0 Å². The lowest BCUT2D eigenvalue weighted by molar-refractivity contribution is 0.254. The van der Waals surface area contributed by atoms with Crippen LogP contribution in [0.25, 0.3) is 0 Å². The largest absolute Gasteiger partial charge is 0.490 e. The summed E-state index contributed by atoms with van der Waals surface area (Å²) in [5, 5.41) is 0.572. The van der Waals surface area contributed by atoms with Crippen molar-refractivity contribution >= 4 is 23.2 Å². The number of fused-ring (bicyclic) bond motifs is 1. The number of benzene rings is 2. The minimum Gasteiger partial charge on any atom is -0.490 e. The van der Waals surface area contributed by atoms with Gasteiger partial charge in [-0.05, 0) is 41.8 Å². The van der Waals surface area contributed by atoms with Gasteiger partial charge in [0.15, 0.2) is 0 Å². The summed E-state index contributed by atoms with van der Waals surface area (Å²) in [6, 6.07) is 13.8. The van der Waals surface area contributed by atoms with Gasteiger partial charge in [0.05, 0.1) is 5.38 Å². The first kappa shape index (κ1) is 12.8. The van der Waals surface area contributed by atoms with E-state index in [4.69, 9.17) is 27.9 Å². The summed E-state index contributed by atoms with van der Waals surface area (Å²) in [7, 11) is 0. The molecule has 98 valence electrons. The number of ether oxygens (including phenoxy) is 1. The van der Waals surface area contributed by atoms with Crippen LogP contribution in [0.3, 0.4) is 0 Å². The van der Waals surface area contributed by atoms with E-state index >= 15 is 0 Å². The highest BCUT2D eigenvalue weighted by atomic mass is 35.5. The zero-order chi connectivity index (χ0) is 13.4. The maximum Gasteiger partial charge on any atom is 0.123 e. The second-order valence-corrected chi connectivity index (χ2v) is 5.79. The van der Waals surface area contributed by atoms with Gasteiger partial charge in [-0.25, -0.2) is 0 Å². The molecule has 2 aromatic carbocycles. The van der Waals surface area contributed by atoms with Crippen molar-refractivity contribution in [1.29, 1.82) is 0 Å². The van der Waals surface area contributed by atoms with Gasteiger partial charge in [-0.15, -0.1) is 11.6 Å². The number of halogens is 2. The Labute approximate surface area is 123 Å². The van der Waals surface area contributed by atoms with Gasteiger partial charge in [-0.3, -0.25) is 0 Å². The van der Waals surface area contributed by atoms with Gasteiger partial charge in [0.25, 0.3) is 0 Å². The van der Waals surface area contributed by atoms with Gasteiger partial charge >= 0.3 is 0 Å². The molecule has 1 heterocycles. The van der Waals surface area contributed by atoms with Gasteiger partial charge in [-0.1, -0.05) is 35.9 Å². The predicted octanol–water partition coefficient (Wildman–Crippen LogP) is 4.99. The first-order valence-corrected chi connectivity index (χ1v) is 7.14. The van der Waals surface area contributed by atoms with E-state index in [1.807, 2.05) is 36.4 Å². The van der Waals surface area contributed by atoms with Crippen LogP contribution in [-0.4, -0.2) is 6.10 Å². The van der Waals surface area contributed by atoms with E-state index < -0.39 is 0 Å². The zero-order valence-electron chi connectivity index (χ0n) is 10.6. The smallest absolute Gasteiger partial charge is 0.123 e. The Morgan fingerprint density at radius 3 is 2.53 bits per heavy atom. The summed E-state index contributed by atoms with van der Waals surface area (Å²) >= 11 is 12.4. The average molecular weight is 293 g/mol. The molecule has 2 aromatic rings. The molecule has 3 rings (SSSR count). The number of hydrogen-bond acceptors (Lipinski definition) is 1. The Balaban J connectivity index is 1.90. The van der Waals surface area contributed by atoms with Crippen molar-refractivity contribution in [3.63, 3.8) is 0 Å². The summed E-state index contributed by atoms with van der Waals surface area (Å²) in [5.41, 5.74) is 3.39. The quantitative estimate of drug-likeness (QED) is 0.709. The SMILES string of the molecule is CC1Cc2cc(C(Cl)c3ccc(Cl)cc3)ccc2O1. The Morgan fingerprint density at radius 1 is 1.11 bits per heavy atom. The van der Waals surface area contributed by atoms with Gasteiger partial charge in [0.1, 0.15) is 11.9 Å². The highest BCUT2D eigenvalue weighted by molar-refractivity contribution is 6.30. The van der Waals surface area contributed by atoms with Crippen LogP contribution in [0.2, 0.25) is 5.02 Å². The molecule has 0 aromatic heterocycles. The van der Waals surface area contributed by atoms with Crippen molar-refractivity contribution in [2.45, 2.75) is 24.8 Å². The molecule has 2 atom stereocenters. The summed E-state index contributed by atoms with van der Waals surface area (Å²) in [6.45, 7) is 2.08. The third-order valence-corrected chi connectivity index (χ3v) is 4.13. The van der Waals surface area contributed by atoms with Crippen LogP contribution in [0, 0.1) is 0 Å². The maximum atomic E-state index is 6.54. The van der Waals surface area contributed by atoms with E-state index in [1.54, 1.807) is 0 Å². The first-order valence-electron chi connectivity index (χ1n) is 6.32.